The van der Waals surface area contributed by atoms with Gasteiger partial charge in [0.15, 0.2) is 0 Å². The molecule has 0 unspecified atom stereocenters. The van der Waals surface area contributed by atoms with Gasteiger partial charge in [-0.3, -0.25) is 19.3 Å². The summed E-state index contributed by atoms with van der Waals surface area (Å²) in [4.78, 5) is 47.1. The highest BCUT2D eigenvalue weighted by Crippen LogP contribution is 2.38. The SMILES string of the molecule is Cc1ncc(-c2ccc3ncc4c(=O)[nH]c(=O)n(-c5ccc(N6CCNCC6)c(C(F)(F)F)c5)c4c3n2)cn1. The van der Waals surface area contributed by atoms with Crippen molar-refractivity contribution in [2.75, 3.05) is 31.1 Å². The third-order valence-corrected chi connectivity index (χ3v) is 6.66. The zero-order valence-corrected chi connectivity index (χ0v) is 20.6. The van der Waals surface area contributed by atoms with Gasteiger partial charge in [0, 0.05) is 56.0 Å². The van der Waals surface area contributed by atoms with Crippen molar-refractivity contribution < 1.29 is 13.2 Å². The first-order valence-corrected chi connectivity index (χ1v) is 12.1. The number of nitrogens with zero attached hydrogens (tertiary/aromatic N) is 6. The molecule has 2 N–H and O–H groups in total. The molecule has 1 aromatic carbocycles. The van der Waals surface area contributed by atoms with Crippen LogP contribution in [0.5, 0.6) is 0 Å². The lowest BCUT2D eigenvalue weighted by molar-refractivity contribution is -0.137. The van der Waals surface area contributed by atoms with Gasteiger partial charge < -0.3 is 10.2 Å². The number of hydrogen-bond acceptors (Lipinski definition) is 8. The van der Waals surface area contributed by atoms with Gasteiger partial charge in [0.2, 0.25) is 0 Å². The molecule has 0 spiro atoms. The fourth-order valence-electron chi connectivity index (χ4n) is 4.77. The van der Waals surface area contributed by atoms with Crippen molar-refractivity contribution in [1.29, 1.82) is 0 Å². The van der Waals surface area contributed by atoms with Gasteiger partial charge in [-0.2, -0.15) is 13.2 Å². The fraction of sp³-hybridized carbons (Fsp3) is 0.231. The zero-order valence-electron chi connectivity index (χ0n) is 20.6. The molecule has 13 heteroatoms. The van der Waals surface area contributed by atoms with Gasteiger partial charge in [0.05, 0.1) is 33.4 Å². The van der Waals surface area contributed by atoms with Crippen LogP contribution in [0, 0.1) is 6.92 Å². The zero-order chi connectivity index (χ0) is 27.3. The Balaban J connectivity index is 1.63. The lowest BCUT2D eigenvalue weighted by Gasteiger charge is -2.31. The van der Waals surface area contributed by atoms with E-state index in [1.807, 2.05) is 0 Å². The summed E-state index contributed by atoms with van der Waals surface area (Å²) in [7, 11) is 0. The van der Waals surface area contributed by atoms with E-state index >= 15 is 0 Å². The Hall–Kier alpha value is -4.65. The first kappa shape index (κ1) is 24.7. The van der Waals surface area contributed by atoms with E-state index in [9.17, 15) is 22.8 Å². The van der Waals surface area contributed by atoms with Crippen LogP contribution in [0.1, 0.15) is 11.4 Å². The number of aromatic nitrogens is 6. The van der Waals surface area contributed by atoms with Gasteiger partial charge in [0.25, 0.3) is 5.56 Å². The van der Waals surface area contributed by atoms with Crippen LogP contribution in [0.3, 0.4) is 0 Å². The van der Waals surface area contributed by atoms with Crippen molar-refractivity contribution in [3.63, 3.8) is 0 Å². The number of hydrogen-bond donors (Lipinski definition) is 2. The standard InChI is InChI=1S/C26H21F3N8O2/c1-14-31-11-15(12-32-14)19-3-4-20-22(34-19)23-17(13-33-20)24(38)35-25(39)37(23)16-2-5-21(18(10-16)26(27,28)29)36-8-6-30-7-9-36/h2-5,10-13,30H,6-9H2,1H3,(H,35,38,39). The number of rotatable bonds is 3. The molecule has 0 atom stereocenters. The van der Waals surface area contributed by atoms with Gasteiger partial charge in [-0.05, 0) is 37.3 Å². The molecule has 0 aliphatic carbocycles. The topological polar surface area (TPSA) is 122 Å². The third-order valence-electron chi connectivity index (χ3n) is 6.66. The first-order chi connectivity index (χ1) is 18.7. The third kappa shape index (κ3) is 4.40. The van der Waals surface area contributed by atoms with E-state index in [1.54, 1.807) is 36.4 Å². The maximum Gasteiger partial charge on any atom is 0.418 e. The number of alkyl halides is 3. The molecule has 5 heterocycles. The summed E-state index contributed by atoms with van der Waals surface area (Å²) >= 11 is 0. The number of fused-ring (bicyclic) bond motifs is 3. The van der Waals surface area contributed by atoms with Crippen LogP contribution in [0.4, 0.5) is 18.9 Å². The Kier molecular flexibility index (Phi) is 5.87. The molecule has 1 saturated heterocycles. The Labute approximate surface area is 218 Å². The summed E-state index contributed by atoms with van der Waals surface area (Å²) in [5, 5.41) is 3.13. The van der Waals surface area contributed by atoms with Gasteiger partial charge in [-0.1, -0.05) is 0 Å². The lowest BCUT2D eigenvalue weighted by Crippen LogP contribution is -2.44. The molecule has 39 heavy (non-hydrogen) atoms. The molecule has 0 bridgehead atoms. The normalized spacial score (nSPS) is 14.3. The molecule has 1 fully saturated rings. The smallest absolute Gasteiger partial charge is 0.368 e. The summed E-state index contributed by atoms with van der Waals surface area (Å²) in [6.45, 7) is 3.68. The van der Waals surface area contributed by atoms with Crippen molar-refractivity contribution in [1.82, 2.24) is 34.8 Å². The number of halogens is 3. The van der Waals surface area contributed by atoms with Crippen LogP contribution in [0.25, 0.3) is 38.9 Å². The van der Waals surface area contributed by atoms with Crippen LogP contribution in [-0.2, 0) is 6.18 Å². The minimum absolute atomic E-state index is 0.00615. The van der Waals surface area contributed by atoms with Crippen molar-refractivity contribution in [2.24, 2.45) is 0 Å². The predicted molar refractivity (Wildman–Crippen MR) is 139 cm³/mol. The highest BCUT2D eigenvalue weighted by molar-refractivity contribution is 6.01. The van der Waals surface area contributed by atoms with Crippen molar-refractivity contribution in [2.45, 2.75) is 13.1 Å². The Bertz CT molecular complexity index is 1840. The van der Waals surface area contributed by atoms with E-state index in [0.717, 1.165) is 10.6 Å². The maximum atomic E-state index is 14.3. The first-order valence-electron chi connectivity index (χ1n) is 12.1. The molecule has 0 amide bonds. The number of piperazine rings is 1. The highest BCUT2D eigenvalue weighted by atomic mass is 19.4. The Morgan fingerprint density at radius 1 is 0.949 bits per heavy atom. The van der Waals surface area contributed by atoms with Gasteiger partial charge in [-0.25, -0.2) is 19.7 Å². The molecule has 5 aromatic rings. The van der Waals surface area contributed by atoms with Crippen LogP contribution >= 0.6 is 0 Å². The fourth-order valence-corrected chi connectivity index (χ4v) is 4.77. The van der Waals surface area contributed by atoms with Crippen molar-refractivity contribution in [3.8, 4) is 16.9 Å². The van der Waals surface area contributed by atoms with E-state index in [-0.39, 0.29) is 27.8 Å². The minimum Gasteiger partial charge on any atom is -0.368 e. The van der Waals surface area contributed by atoms with Gasteiger partial charge in [0.1, 0.15) is 11.3 Å². The van der Waals surface area contributed by atoms with Gasteiger partial charge >= 0.3 is 11.9 Å². The molecule has 0 radical (unpaired) electrons. The largest absolute Gasteiger partial charge is 0.418 e. The number of H-pyrrole nitrogens is 1. The number of nitrogens with one attached hydrogen (secondary N) is 2. The van der Waals surface area contributed by atoms with Crippen LogP contribution in [-0.4, -0.2) is 55.7 Å². The number of anilines is 1. The molecule has 10 nitrogen and oxygen atoms in total. The molecule has 1 aliphatic rings. The van der Waals surface area contributed by atoms with Crippen molar-refractivity contribution >= 4 is 27.6 Å². The lowest BCUT2D eigenvalue weighted by atomic mass is 10.1. The number of aromatic amines is 1. The van der Waals surface area contributed by atoms with E-state index in [2.05, 4.69) is 30.2 Å². The maximum absolute atomic E-state index is 14.3. The number of aryl methyl sites for hydroxylation is 1. The van der Waals surface area contributed by atoms with E-state index in [4.69, 9.17) is 0 Å². The predicted octanol–water partition coefficient (Wildman–Crippen LogP) is 2.82. The van der Waals surface area contributed by atoms with Crippen LogP contribution in [0.15, 0.2) is 58.5 Å². The van der Waals surface area contributed by atoms with E-state index < -0.39 is 23.0 Å². The molecule has 4 aromatic heterocycles. The average Bonchev–Trinajstić information content (AvgIpc) is 2.93. The summed E-state index contributed by atoms with van der Waals surface area (Å²) in [6.07, 6.45) is -0.236. The average molecular weight is 535 g/mol. The summed E-state index contributed by atoms with van der Waals surface area (Å²) in [5.41, 5.74) is -0.927. The molecular weight excluding hydrogens is 513 g/mol. The molecule has 1 aliphatic heterocycles. The van der Waals surface area contributed by atoms with Crippen LogP contribution in [0.2, 0.25) is 0 Å². The highest BCUT2D eigenvalue weighted by Gasteiger charge is 2.36. The second-order valence-electron chi connectivity index (χ2n) is 9.13. The van der Waals surface area contributed by atoms with Crippen molar-refractivity contribution in [3.05, 3.63) is 81.1 Å². The molecular formula is C26H21F3N8O2. The van der Waals surface area contributed by atoms with Crippen LogP contribution < -0.4 is 21.5 Å². The summed E-state index contributed by atoms with van der Waals surface area (Å²) in [6, 6.07) is 7.07. The summed E-state index contributed by atoms with van der Waals surface area (Å²) < 4.78 is 43.9. The van der Waals surface area contributed by atoms with E-state index in [1.165, 1.54) is 18.3 Å². The summed E-state index contributed by atoms with van der Waals surface area (Å²) in [5.74, 6) is 0.566. The number of pyridine rings is 2. The number of benzene rings is 1. The van der Waals surface area contributed by atoms with E-state index in [0.29, 0.717) is 48.8 Å². The molecule has 0 saturated carbocycles. The quantitative estimate of drug-likeness (QED) is 0.339. The second-order valence-corrected chi connectivity index (χ2v) is 9.13. The Morgan fingerprint density at radius 2 is 1.69 bits per heavy atom. The molecule has 6 rings (SSSR count). The minimum atomic E-state index is -4.68. The Morgan fingerprint density at radius 3 is 2.41 bits per heavy atom. The monoisotopic (exact) mass is 534 g/mol. The molecule has 198 valence electrons. The second kappa shape index (κ2) is 9.27. The van der Waals surface area contributed by atoms with Gasteiger partial charge in [-0.15, -0.1) is 0 Å².